The predicted molar refractivity (Wildman–Crippen MR) is 64.0 cm³/mol. The molecule has 0 aromatic carbocycles. The summed E-state index contributed by atoms with van der Waals surface area (Å²) in [5.74, 6) is 0.0943. The molecule has 6 heteroatoms. The van der Waals surface area contributed by atoms with Gasteiger partial charge in [-0.05, 0) is 26.0 Å². The van der Waals surface area contributed by atoms with Crippen LogP contribution in [0.1, 0.15) is 21.9 Å². The van der Waals surface area contributed by atoms with E-state index in [0.29, 0.717) is 11.5 Å². The molecule has 0 unspecified atom stereocenters. The SMILES string of the molecule is Cc1nn(C)c(C)c1Oc1ccc(C(=O)O)nc1. The molecule has 18 heavy (non-hydrogen) atoms. The topological polar surface area (TPSA) is 77.2 Å². The van der Waals surface area contributed by atoms with Crippen LogP contribution in [-0.4, -0.2) is 25.8 Å². The van der Waals surface area contributed by atoms with Gasteiger partial charge in [-0.2, -0.15) is 5.10 Å². The average Bonchev–Trinajstić information content (AvgIpc) is 2.57. The molecule has 0 bridgehead atoms. The molecule has 2 heterocycles. The second-order valence-corrected chi connectivity index (χ2v) is 3.91. The van der Waals surface area contributed by atoms with Gasteiger partial charge in [0.15, 0.2) is 5.75 Å². The molecule has 0 radical (unpaired) electrons. The number of carboxylic acids is 1. The Bertz CT molecular complexity index is 587. The third kappa shape index (κ3) is 2.17. The van der Waals surface area contributed by atoms with E-state index < -0.39 is 5.97 Å². The number of rotatable bonds is 3. The van der Waals surface area contributed by atoms with Crippen molar-refractivity contribution in [3.8, 4) is 11.5 Å². The summed E-state index contributed by atoms with van der Waals surface area (Å²) in [4.78, 5) is 14.5. The third-order valence-electron chi connectivity index (χ3n) is 2.62. The van der Waals surface area contributed by atoms with Crippen LogP contribution in [0.5, 0.6) is 11.5 Å². The first kappa shape index (κ1) is 12.1. The summed E-state index contributed by atoms with van der Waals surface area (Å²) in [6.45, 7) is 3.75. The number of nitrogens with zero attached hydrogens (tertiary/aromatic N) is 3. The number of hydrogen-bond donors (Lipinski definition) is 1. The maximum absolute atomic E-state index is 10.7. The van der Waals surface area contributed by atoms with Crippen molar-refractivity contribution in [1.82, 2.24) is 14.8 Å². The van der Waals surface area contributed by atoms with Crippen molar-refractivity contribution in [3.05, 3.63) is 35.4 Å². The van der Waals surface area contributed by atoms with Crippen LogP contribution in [0.2, 0.25) is 0 Å². The van der Waals surface area contributed by atoms with E-state index in [-0.39, 0.29) is 5.69 Å². The third-order valence-corrected chi connectivity index (χ3v) is 2.62. The van der Waals surface area contributed by atoms with Gasteiger partial charge in [0.25, 0.3) is 0 Å². The van der Waals surface area contributed by atoms with Crippen molar-refractivity contribution < 1.29 is 14.6 Å². The van der Waals surface area contributed by atoms with Gasteiger partial charge in [-0.3, -0.25) is 4.68 Å². The highest BCUT2D eigenvalue weighted by Crippen LogP contribution is 2.27. The van der Waals surface area contributed by atoms with E-state index >= 15 is 0 Å². The summed E-state index contributed by atoms with van der Waals surface area (Å²) in [5.41, 5.74) is 1.66. The van der Waals surface area contributed by atoms with Crippen LogP contribution in [0.4, 0.5) is 0 Å². The maximum atomic E-state index is 10.7. The molecule has 6 nitrogen and oxygen atoms in total. The summed E-state index contributed by atoms with van der Waals surface area (Å²) in [7, 11) is 1.83. The average molecular weight is 247 g/mol. The van der Waals surface area contributed by atoms with E-state index in [2.05, 4.69) is 10.1 Å². The molecule has 0 saturated carbocycles. The Balaban J connectivity index is 2.26. The van der Waals surface area contributed by atoms with E-state index in [9.17, 15) is 4.79 Å². The number of aromatic nitrogens is 3. The van der Waals surface area contributed by atoms with Crippen LogP contribution >= 0.6 is 0 Å². The lowest BCUT2D eigenvalue weighted by Gasteiger charge is -2.05. The molecule has 0 saturated heterocycles. The largest absolute Gasteiger partial charge is 0.477 e. The van der Waals surface area contributed by atoms with Crippen molar-refractivity contribution in [2.75, 3.05) is 0 Å². The minimum Gasteiger partial charge on any atom is -0.477 e. The Morgan fingerprint density at radius 2 is 2.11 bits per heavy atom. The zero-order valence-electron chi connectivity index (χ0n) is 10.3. The van der Waals surface area contributed by atoms with Gasteiger partial charge in [0.2, 0.25) is 0 Å². The first-order chi connectivity index (χ1) is 8.49. The molecule has 0 spiro atoms. The van der Waals surface area contributed by atoms with Crippen LogP contribution < -0.4 is 4.74 Å². The summed E-state index contributed by atoms with van der Waals surface area (Å²) in [6.07, 6.45) is 1.38. The highest BCUT2D eigenvalue weighted by atomic mass is 16.5. The molecule has 0 aliphatic rings. The van der Waals surface area contributed by atoms with Crippen LogP contribution in [0.25, 0.3) is 0 Å². The van der Waals surface area contributed by atoms with Crippen LogP contribution in [0, 0.1) is 13.8 Å². The Hall–Kier alpha value is -2.37. The van der Waals surface area contributed by atoms with Crippen molar-refractivity contribution in [2.45, 2.75) is 13.8 Å². The van der Waals surface area contributed by atoms with E-state index in [1.54, 1.807) is 10.7 Å². The quantitative estimate of drug-likeness (QED) is 0.896. The number of ether oxygens (including phenoxy) is 1. The number of carboxylic acid groups (broad SMARTS) is 1. The van der Waals surface area contributed by atoms with Gasteiger partial charge >= 0.3 is 5.97 Å². The zero-order chi connectivity index (χ0) is 13.3. The predicted octanol–water partition coefficient (Wildman–Crippen LogP) is 1.92. The maximum Gasteiger partial charge on any atom is 0.354 e. The normalized spacial score (nSPS) is 10.4. The first-order valence-corrected chi connectivity index (χ1v) is 5.36. The Kier molecular flexibility index (Phi) is 3.01. The second kappa shape index (κ2) is 4.48. The van der Waals surface area contributed by atoms with Gasteiger partial charge in [0.1, 0.15) is 17.1 Å². The Morgan fingerprint density at radius 1 is 1.39 bits per heavy atom. The highest BCUT2D eigenvalue weighted by molar-refractivity contribution is 5.85. The molecule has 94 valence electrons. The molecule has 0 fully saturated rings. The van der Waals surface area contributed by atoms with Gasteiger partial charge in [-0.25, -0.2) is 9.78 Å². The zero-order valence-corrected chi connectivity index (χ0v) is 10.3. The molecular formula is C12H13N3O3. The molecule has 1 N–H and O–H groups in total. The molecule has 2 rings (SSSR count). The first-order valence-electron chi connectivity index (χ1n) is 5.36. The van der Waals surface area contributed by atoms with Gasteiger partial charge in [-0.15, -0.1) is 0 Å². The van der Waals surface area contributed by atoms with Crippen LogP contribution in [0.3, 0.4) is 0 Å². The van der Waals surface area contributed by atoms with Crippen molar-refractivity contribution in [1.29, 1.82) is 0 Å². The second-order valence-electron chi connectivity index (χ2n) is 3.91. The lowest BCUT2D eigenvalue weighted by Crippen LogP contribution is -1.99. The number of carbonyl (C=O) groups is 1. The smallest absolute Gasteiger partial charge is 0.354 e. The van der Waals surface area contributed by atoms with Crippen molar-refractivity contribution >= 4 is 5.97 Å². The molecule has 0 aliphatic heterocycles. The molecule has 0 atom stereocenters. The minimum absolute atomic E-state index is 0.0121. The molecule has 0 amide bonds. The molecule has 0 aliphatic carbocycles. The fourth-order valence-electron chi connectivity index (χ4n) is 1.59. The van der Waals surface area contributed by atoms with E-state index in [1.165, 1.54) is 12.3 Å². The van der Waals surface area contributed by atoms with Gasteiger partial charge in [-0.1, -0.05) is 0 Å². The van der Waals surface area contributed by atoms with Gasteiger partial charge < -0.3 is 9.84 Å². The molecule has 2 aromatic heterocycles. The van der Waals surface area contributed by atoms with Gasteiger partial charge in [0, 0.05) is 7.05 Å². The standard InChI is InChI=1S/C12H13N3O3/c1-7-11(8(2)15(3)14-7)18-9-4-5-10(12(16)17)13-6-9/h4-6H,1-3H3,(H,16,17). The highest BCUT2D eigenvalue weighted by Gasteiger charge is 2.12. The monoisotopic (exact) mass is 247 g/mol. The molecule has 2 aromatic rings. The van der Waals surface area contributed by atoms with E-state index in [4.69, 9.17) is 9.84 Å². The fourth-order valence-corrected chi connectivity index (χ4v) is 1.59. The summed E-state index contributed by atoms with van der Waals surface area (Å²) in [6, 6.07) is 2.97. The number of hydrogen-bond acceptors (Lipinski definition) is 4. The number of aromatic carboxylic acids is 1. The van der Waals surface area contributed by atoms with E-state index in [1.807, 2.05) is 20.9 Å². The number of pyridine rings is 1. The van der Waals surface area contributed by atoms with Gasteiger partial charge in [0.05, 0.1) is 11.9 Å². The van der Waals surface area contributed by atoms with Crippen molar-refractivity contribution in [3.63, 3.8) is 0 Å². The van der Waals surface area contributed by atoms with E-state index in [0.717, 1.165) is 11.4 Å². The summed E-state index contributed by atoms with van der Waals surface area (Å²) < 4.78 is 7.38. The minimum atomic E-state index is -1.06. The van der Waals surface area contributed by atoms with Crippen molar-refractivity contribution in [2.24, 2.45) is 7.05 Å². The lowest BCUT2D eigenvalue weighted by molar-refractivity contribution is 0.0690. The van der Waals surface area contributed by atoms with Crippen LogP contribution in [-0.2, 0) is 7.05 Å². The lowest BCUT2D eigenvalue weighted by atomic mass is 10.3. The van der Waals surface area contributed by atoms with Crippen LogP contribution in [0.15, 0.2) is 18.3 Å². The summed E-state index contributed by atoms with van der Waals surface area (Å²) in [5, 5.41) is 13.0. The Morgan fingerprint density at radius 3 is 2.56 bits per heavy atom. The Labute approximate surface area is 104 Å². The summed E-state index contributed by atoms with van der Waals surface area (Å²) >= 11 is 0. The number of aryl methyl sites for hydroxylation is 2. The molecular weight excluding hydrogens is 234 g/mol. The fraction of sp³-hybridized carbons (Fsp3) is 0.250.